The van der Waals surface area contributed by atoms with Crippen molar-refractivity contribution < 1.29 is 0 Å². The van der Waals surface area contributed by atoms with E-state index in [1.807, 2.05) is 44.3 Å². The molecule has 2 aliphatic rings. The van der Waals surface area contributed by atoms with Crippen LogP contribution in [-0.2, 0) is 0 Å². The molecule has 0 radical (unpaired) electrons. The second kappa shape index (κ2) is 9.73. The molecule has 0 spiro atoms. The van der Waals surface area contributed by atoms with Crippen LogP contribution in [0.1, 0.15) is 13.8 Å². The molecule has 0 amide bonds. The minimum Gasteiger partial charge on any atom is -0.404 e. The van der Waals surface area contributed by atoms with Gasteiger partial charge in [-0.3, -0.25) is 4.99 Å². The first kappa shape index (κ1) is 20.5. The van der Waals surface area contributed by atoms with Crippen molar-refractivity contribution >= 4 is 18.3 Å². The quantitative estimate of drug-likeness (QED) is 0.260. The third-order valence-electron chi connectivity index (χ3n) is 3.95. The number of fused-ring (bicyclic) bond motifs is 1. The molecule has 0 aromatic carbocycles. The normalized spacial score (nSPS) is 17.6. The zero-order chi connectivity index (χ0) is 20.5. The minimum atomic E-state index is 0.0700. The summed E-state index contributed by atoms with van der Waals surface area (Å²) in [5.74, 6) is 1.08. The van der Waals surface area contributed by atoms with Gasteiger partial charge in [-0.25, -0.2) is 4.99 Å². The van der Waals surface area contributed by atoms with E-state index in [9.17, 15) is 0 Å². The molecular weight excluding hydrogens is 352 g/mol. The lowest BCUT2D eigenvalue weighted by Crippen LogP contribution is -2.27. The number of amidine groups is 1. The maximum atomic E-state index is 8.60. The Kier molecular flexibility index (Phi) is 7.11. The number of rotatable bonds is 7. The minimum absolute atomic E-state index is 0.0700. The zero-order valence-electron chi connectivity index (χ0n) is 15.9. The fraction of sp³-hybridized carbons (Fsp3) is 0.200. The predicted molar refractivity (Wildman–Crippen MR) is 113 cm³/mol. The summed E-state index contributed by atoms with van der Waals surface area (Å²) in [6, 6.07) is 1.95. The first-order chi connectivity index (χ1) is 13.5. The lowest BCUT2D eigenvalue weighted by molar-refractivity contribution is 0.806. The summed E-state index contributed by atoms with van der Waals surface area (Å²) in [5.41, 5.74) is 15.7. The molecule has 0 aromatic heterocycles. The topological polar surface area (TPSA) is 148 Å². The molecule has 28 heavy (non-hydrogen) atoms. The van der Waals surface area contributed by atoms with Crippen molar-refractivity contribution in [3.63, 3.8) is 0 Å². The summed E-state index contributed by atoms with van der Waals surface area (Å²) in [6.07, 6.45) is 13.4. The van der Waals surface area contributed by atoms with Gasteiger partial charge in [0.05, 0.1) is 17.5 Å². The summed E-state index contributed by atoms with van der Waals surface area (Å²) >= 11 is 0. The van der Waals surface area contributed by atoms with Gasteiger partial charge in [-0.15, -0.1) is 0 Å². The molecule has 2 rings (SSSR count). The second-order valence-electron chi connectivity index (χ2n) is 6.29. The highest BCUT2D eigenvalue weighted by Gasteiger charge is 2.16. The number of allylic oxidation sites excluding steroid dienone is 6. The Bertz CT molecular complexity index is 914. The van der Waals surface area contributed by atoms with E-state index >= 15 is 0 Å². The number of hydrogen-bond donors (Lipinski definition) is 5. The molecule has 0 unspecified atom stereocenters. The molecule has 2 aliphatic heterocycles. The standard InChI is InChI=1S/C20H24N8/c1-13(2)14(9-22)8-19(24)28-20-4-3-17-18(27-20)7-15(12-26-17)16(10-23)11-25-6-5-21/h3-4,7-13,22,26-27H,6,23H2,1-2H3,(H2,24,28). The SMILES string of the molecule is CC(C)C(C=N)=CC(N)=NC1=CC=C2NC=C(C(C=NCC#N)=CN)C=C2N1. The summed E-state index contributed by atoms with van der Waals surface area (Å²) < 4.78 is 0. The van der Waals surface area contributed by atoms with Crippen molar-refractivity contribution in [2.24, 2.45) is 27.4 Å². The Hall–Kier alpha value is -3.86. The molecule has 0 atom stereocenters. The average Bonchev–Trinajstić information content (AvgIpc) is 2.68. The number of hydrogen-bond acceptors (Lipinski definition) is 7. The van der Waals surface area contributed by atoms with Gasteiger partial charge in [-0.2, -0.15) is 5.26 Å². The van der Waals surface area contributed by atoms with Crippen LogP contribution in [0.5, 0.6) is 0 Å². The van der Waals surface area contributed by atoms with Crippen LogP contribution in [0, 0.1) is 22.7 Å². The zero-order valence-corrected chi connectivity index (χ0v) is 15.9. The number of nitrogens with one attached hydrogen (secondary N) is 3. The molecule has 0 bridgehead atoms. The van der Waals surface area contributed by atoms with Gasteiger partial charge in [0.1, 0.15) is 18.2 Å². The average molecular weight is 376 g/mol. The molecule has 8 heteroatoms. The van der Waals surface area contributed by atoms with Gasteiger partial charge in [0.25, 0.3) is 0 Å². The monoisotopic (exact) mass is 376 g/mol. The fourth-order valence-electron chi connectivity index (χ4n) is 2.44. The summed E-state index contributed by atoms with van der Waals surface area (Å²) in [5, 5.41) is 22.5. The number of nitrogens with two attached hydrogens (primary N) is 2. The first-order valence-electron chi connectivity index (χ1n) is 8.71. The molecular formula is C20H24N8. The number of dihydropyridines is 2. The van der Waals surface area contributed by atoms with Crippen molar-refractivity contribution in [1.82, 2.24) is 10.6 Å². The van der Waals surface area contributed by atoms with Gasteiger partial charge >= 0.3 is 0 Å². The fourth-order valence-corrected chi connectivity index (χ4v) is 2.44. The molecule has 0 aromatic rings. The molecule has 0 fully saturated rings. The molecule has 0 saturated heterocycles. The second-order valence-corrected chi connectivity index (χ2v) is 6.29. The van der Waals surface area contributed by atoms with E-state index in [4.69, 9.17) is 22.1 Å². The summed E-state index contributed by atoms with van der Waals surface area (Å²) in [7, 11) is 0. The molecule has 2 heterocycles. The van der Waals surface area contributed by atoms with Gasteiger partial charge in [-0.1, -0.05) is 13.8 Å². The maximum absolute atomic E-state index is 8.60. The Labute approximate surface area is 164 Å². The van der Waals surface area contributed by atoms with Crippen molar-refractivity contribution in [3.8, 4) is 6.07 Å². The van der Waals surface area contributed by atoms with E-state index < -0.39 is 0 Å². The van der Waals surface area contributed by atoms with Crippen molar-refractivity contribution in [2.45, 2.75) is 13.8 Å². The first-order valence-corrected chi connectivity index (χ1v) is 8.71. The highest BCUT2D eigenvalue weighted by atomic mass is 15.1. The van der Waals surface area contributed by atoms with Crippen LogP contribution in [0.2, 0.25) is 0 Å². The van der Waals surface area contributed by atoms with Crippen LogP contribution in [0.4, 0.5) is 0 Å². The van der Waals surface area contributed by atoms with Gasteiger partial charge in [0, 0.05) is 36.0 Å². The predicted octanol–water partition coefficient (Wildman–Crippen LogP) is 1.71. The van der Waals surface area contributed by atoms with E-state index in [0.717, 1.165) is 22.5 Å². The van der Waals surface area contributed by atoms with Crippen LogP contribution in [0.15, 0.2) is 80.6 Å². The van der Waals surface area contributed by atoms with Crippen LogP contribution in [0.25, 0.3) is 0 Å². The van der Waals surface area contributed by atoms with Gasteiger partial charge in [0.15, 0.2) is 0 Å². The Balaban J connectivity index is 2.21. The highest BCUT2D eigenvalue weighted by Crippen LogP contribution is 2.22. The number of nitriles is 1. The number of aliphatic imine (C=N–C) groups is 2. The van der Waals surface area contributed by atoms with Crippen LogP contribution in [0.3, 0.4) is 0 Å². The molecule has 8 nitrogen and oxygen atoms in total. The largest absolute Gasteiger partial charge is 0.404 e. The smallest absolute Gasteiger partial charge is 0.132 e. The number of nitrogens with zero attached hydrogens (tertiary/aromatic N) is 3. The van der Waals surface area contributed by atoms with Gasteiger partial charge in [0.2, 0.25) is 0 Å². The molecule has 0 saturated carbocycles. The lowest BCUT2D eigenvalue weighted by atomic mass is 10.0. The van der Waals surface area contributed by atoms with Crippen LogP contribution >= 0.6 is 0 Å². The Morgan fingerprint density at radius 2 is 2.14 bits per heavy atom. The van der Waals surface area contributed by atoms with Crippen molar-refractivity contribution in [1.29, 1.82) is 10.7 Å². The van der Waals surface area contributed by atoms with Crippen molar-refractivity contribution in [2.75, 3.05) is 6.54 Å². The van der Waals surface area contributed by atoms with Crippen LogP contribution in [-0.4, -0.2) is 24.8 Å². The molecule has 7 N–H and O–H groups in total. The van der Waals surface area contributed by atoms with E-state index in [2.05, 4.69) is 20.6 Å². The highest BCUT2D eigenvalue weighted by molar-refractivity contribution is 5.97. The molecule has 144 valence electrons. The van der Waals surface area contributed by atoms with Crippen molar-refractivity contribution in [3.05, 3.63) is 70.6 Å². The van der Waals surface area contributed by atoms with Crippen LogP contribution < -0.4 is 22.1 Å². The van der Waals surface area contributed by atoms with Gasteiger partial charge < -0.3 is 27.5 Å². The Morgan fingerprint density at radius 3 is 2.79 bits per heavy atom. The summed E-state index contributed by atoms with van der Waals surface area (Å²) in [6.45, 7) is 4.05. The van der Waals surface area contributed by atoms with E-state index in [1.54, 1.807) is 12.3 Å². The third kappa shape index (κ3) is 5.32. The van der Waals surface area contributed by atoms with E-state index in [0.29, 0.717) is 17.2 Å². The lowest BCUT2D eigenvalue weighted by Gasteiger charge is -2.23. The van der Waals surface area contributed by atoms with E-state index in [1.165, 1.54) is 12.4 Å². The third-order valence-corrected chi connectivity index (χ3v) is 3.95. The molecule has 0 aliphatic carbocycles. The van der Waals surface area contributed by atoms with E-state index in [-0.39, 0.29) is 12.5 Å². The van der Waals surface area contributed by atoms with Gasteiger partial charge in [-0.05, 0) is 35.8 Å². The maximum Gasteiger partial charge on any atom is 0.132 e. The Morgan fingerprint density at radius 1 is 1.36 bits per heavy atom. The summed E-state index contributed by atoms with van der Waals surface area (Å²) in [4.78, 5) is 8.38.